The van der Waals surface area contributed by atoms with Crippen LogP contribution < -0.4 is 5.32 Å². The highest BCUT2D eigenvalue weighted by atomic mass is 35.5. The van der Waals surface area contributed by atoms with Crippen LogP contribution in [0.2, 0.25) is 4.47 Å². The van der Waals surface area contributed by atoms with Crippen LogP contribution in [0.4, 0.5) is 11.4 Å². The molecule has 0 atom stereocenters. The lowest BCUT2D eigenvalue weighted by molar-refractivity contribution is -0.384. The molecule has 0 saturated carbocycles. The Morgan fingerprint density at radius 3 is 2.79 bits per heavy atom. The van der Waals surface area contributed by atoms with Crippen molar-refractivity contribution in [2.45, 2.75) is 6.92 Å². The number of amides is 1. The third-order valence-corrected chi connectivity index (χ3v) is 3.29. The summed E-state index contributed by atoms with van der Waals surface area (Å²) in [6, 6.07) is 4.21. The van der Waals surface area contributed by atoms with Crippen molar-refractivity contribution in [2.24, 2.45) is 0 Å². The zero-order valence-corrected chi connectivity index (χ0v) is 11.2. The van der Waals surface area contributed by atoms with E-state index in [9.17, 15) is 14.9 Å². The molecule has 0 spiro atoms. The highest BCUT2D eigenvalue weighted by Gasteiger charge is 2.15. The summed E-state index contributed by atoms with van der Waals surface area (Å²) in [5.74, 6) is -0.506. The molecule has 1 N–H and O–H groups in total. The largest absolute Gasteiger partial charge is 0.319 e. The molecule has 0 saturated heterocycles. The van der Waals surface area contributed by atoms with Crippen LogP contribution in [0.15, 0.2) is 18.2 Å². The summed E-state index contributed by atoms with van der Waals surface area (Å²) in [6.45, 7) is 1.73. The first kappa shape index (κ1) is 13.4. The minimum Gasteiger partial charge on any atom is -0.319 e. The number of non-ortho nitro benzene ring substituents is 1. The fourth-order valence-corrected chi connectivity index (χ4v) is 2.05. The van der Waals surface area contributed by atoms with Gasteiger partial charge in [0, 0.05) is 12.1 Å². The van der Waals surface area contributed by atoms with Gasteiger partial charge in [-0.3, -0.25) is 14.9 Å². The van der Waals surface area contributed by atoms with Gasteiger partial charge in [0.2, 0.25) is 9.47 Å². The predicted octanol–water partition coefficient (Wildman–Crippen LogP) is 2.66. The van der Waals surface area contributed by atoms with E-state index in [0.717, 1.165) is 11.3 Å². The highest BCUT2D eigenvalue weighted by Crippen LogP contribution is 2.23. The van der Waals surface area contributed by atoms with Gasteiger partial charge in [0.05, 0.1) is 10.6 Å². The Balaban J connectivity index is 2.25. The number of aromatic nitrogens is 2. The number of carbonyl (C=O) groups excluding carboxylic acids is 1. The molecule has 19 heavy (non-hydrogen) atoms. The van der Waals surface area contributed by atoms with E-state index in [2.05, 4.69) is 15.5 Å². The van der Waals surface area contributed by atoms with Crippen molar-refractivity contribution in [3.8, 4) is 0 Å². The lowest BCUT2D eigenvalue weighted by Gasteiger charge is -2.06. The summed E-state index contributed by atoms with van der Waals surface area (Å²) < 4.78 is 0.154. The summed E-state index contributed by atoms with van der Waals surface area (Å²) in [4.78, 5) is 22.0. The van der Waals surface area contributed by atoms with Gasteiger partial charge in [0.1, 0.15) is 0 Å². The fourth-order valence-electron chi connectivity index (χ4n) is 1.33. The van der Waals surface area contributed by atoms with E-state index in [4.69, 9.17) is 11.6 Å². The van der Waals surface area contributed by atoms with E-state index in [-0.39, 0.29) is 15.2 Å². The Morgan fingerprint density at radius 2 is 2.21 bits per heavy atom. The monoisotopic (exact) mass is 298 g/mol. The number of nitrogens with one attached hydrogen (secondary N) is 1. The quantitative estimate of drug-likeness (QED) is 0.694. The first-order chi connectivity index (χ1) is 8.97. The van der Waals surface area contributed by atoms with Gasteiger partial charge in [-0.2, -0.15) is 0 Å². The molecule has 0 radical (unpaired) electrons. The molecule has 7 nitrogen and oxygen atoms in total. The maximum absolute atomic E-state index is 11.8. The second-order valence-electron chi connectivity index (χ2n) is 3.57. The Morgan fingerprint density at radius 1 is 1.47 bits per heavy atom. The van der Waals surface area contributed by atoms with Gasteiger partial charge in [-0.25, -0.2) is 0 Å². The van der Waals surface area contributed by atoms with Gasteiger partial charge < -0.3 is 5.32 Å². The number of aryl methyl sites for hydroxylation is 1. The summed E-state index contributed by atoms with van der Waals surface area (Å²) in [6.07, 6.45) is 0. The number of benzene rings is 1. The van der Waals surface area contributed by atoms with Crippen LogP contribution in [0.5, 0.6) is 0 Å². The number of hydrogen-bond acceptors (Lipinski definition) is 6. The first-order valence-electron chi connectivity index (χ1n) is 5.03. The fraction of sp³-hybridized carbons (Fsp3) is 0.100. The van der Waals surface area contributed by atoms with Crippen molar-refractivity contribution < 1.29 is 9.72 Å². The topological polar surface area (TPSA) is 98.0 Å². The summed E-state index contributed by atoms with van der Waals surface area (Å²) in [5.41, 5.74) is 0.955. The Kier molecular flexibility index (Phi) is 3.72. The molecule has 98 valence electrons. The molecular formula is C10H7ClN4O3S. The van der Waals surface area contributed by atoms with E-state index in [1.165, 1.54) is 12.1 Å². The Hall–Kier alpha value is -2.06. The van der Waals surface area contributed by atoms with Gasteiger partial charge in [-0.1, -0.05) is 17.4 Å². The molecule has 0 aliphatic heterocycles. The predicted molar refractivity (Wildman–Crippen MR) is 70.7 cm³/mol. The van der Waals surface area contributed by atoms with Crippen molar-refractivity contribution in [3.63, 3.8) is 0 Å². The normalized spacial score (nSPS) is 10.2. The molecule has 2 aromatic rings. The van der Waals surface area contributed by atoms with Gasteiger partial charge in [0.15, 0.2) is 0 Å². The van der Waals surface area contributed by atoms with Crippen LogP contribution in [0.25, 0.3) is 0 Å². The van der Waals surface area contributed by atoms with Crippen molar-refractivity contribution in [1.29, 1.82) is 0 Å². The number of nitro benzene ring substituents is 1. The number of nitro groups is 1. The minimum absolute atomic E-state index is 0.0934. The molecular weight excluding hydrogens is 292 g/mol. The molecule has 9 heteroatoms. The Bertz CT molecular complexity index is 658. The lowest BCUT2D eigenvalue weighted by atomic mass is 10.2. The lowest BCUT2D eigenvalue weighted by Crippen LogP contribution is -2.12. The summed E-state index contributed by atoms with van der Waals surface area (Å²) in [7, 11) is 0. The van der Waals surface area contributed by atoms with Crippen molar-refractivity contribution in [1.82, 2.24) is 10.2 Å². The van der Waals surface area contributed by atoms with Crippen LogP contribution in [-0.4, -0.2) is 21.0 Å². The second-order valence-corrected chi connectivity index (χ2v) is 5.13. The van der Waals surface area contributed by atoms with Gasteiger partial charge in [-0.05, 0) is 24.1 Å². The van der Waals surface area contributed by atoms with E-state index in [1.807, 2.05) is 0 Å². The van der Waals surface area contributed by atoms with Gasteiger partial charge in [0.25, 0.3) is 11.6 Å². The molecule has 0 aliphatic rings. The molecule has 1 amide bonds. The van der Waals surface area contributed by atoms with E-state index < -0.39 is 10.8 Å². The maximum Gasteiger partial charge on any atom is 0.286 e. The van der Waals surface area contributed by atoms with E-state index >= 15 is 0 Å². The van der Waals surface area contributed by atoms with E-state index in [0.29, 0.717) is 11.3 Å². The van der Waals surface area contributed by atoms with Crippen molar-refractivity contribution in [3.05, 3.63) is 43.4 Å². The third kappa shape index (κ3) is 3.04. The average Bonchev–Trinajstić information content (AvgIpc) is 2.78. The molecule has 2 rings (SSSR count). The number of halogens is 1. The molecule has 1 heterocycles. The minimum atomic E-state index is -0.531. The summed E-state index contributed by atoms with van der Waals surface area (Å²) >= 11 is 6.51. The first-order valence-corrected chi connectivity index (χ1v) is 6.22. The number of rotatable bonds is 3. The smallest absolute Gasteiger partial charge is 0.286 e. The molecule has 1 aromatic heterocycles. The number of nitrogens with zero attached hydrogens (tertiary/aromatic N) is 3. The van der Waals surface area contributed by atoms with Gasteiger partial charge in [-0.15, -0.1) is 10.2 Å². The standard InChI is InChI=1S/C10H7ClN4O3S/c1-5-2-3-6(15(17)18)4-7(5)12-8(16)9-13-14-10(11)19-9/h2-4H,1H3,(H,12,16). The van der Waals surface area contributed by atoms with Crippen LogP contribution in [0.1, 0.15) is 15.4 Å². The van der Waals surface area contributed by atoms with E-state index in [1.54, 1.807) is 13.0 Å². The van der Waals surface area contributed by atoms with Gasteiger partial charge >= 0.3 is 0 Å². The Labute approximate surface area is 116 Å². The average molecular weight is 299 g/mol. The zero-order valence-electron chi connectivity index (χ0n) is 9.58. The second kappa shape index (κ2) is 5.29. The molecule has 0 unspecified atom stereocenters. The van der Waals surface area contributed by atoms with Crippen LogP contribution >= 0.6 is 22.9 Å². The number of hydrogen-bond donors (Lipinski definition) is 1. The third-order valence-electron chi connectivity index (χ3n) is 2.27. The van der Waals surface area contributed by atoms with Crippen LogP contribution in [0, 0.1) is 17.0 Å². The number of carbonyl (C=O) groups is 1. The molecule has 0 aliphatic carbocycles. The molecule has 1 aromatic carbocycles. The number of anilines is 1. The van der Waals surface area contributed by atoms with Crippen molar-refractivity contribution >= 4 is 40.2 Å². The van der Waals surface area contributed by atoms with Crippen molar-refractivity contribution in [2.75, 3.05) is 5.32 Å². The highest BCUT2D eigenvalue weighted by molar-refractivity contribution is 7.17. The molecule has 0 fully saturated rings. The summed E-state index contributed by atoms with van der Waals surface area (Å²) in [5, 5.41) is 20.4. The maximum atomic E-state index is 11.8. The zero-order chi connectivity index (χ0) is 14.0. The van der Waals surface area contributed by atoms with Crippen LogP contribution in [0.3, 0.4) is 0 Å². The van der Waals surface area contributed by atoms with Crippen LogP contribution in [-0.2, 0) is 0 Å². The SMILES string of the molecule is Cc1ccc([N+](=O)[O-])cc1NC(=O)c1nnc(Cl)s1. The molecule has 0 bridgehead atoms.